The second-order valence-corrected chi connectivity index (χ2v) is 3.76. The van der Waals surface area contributed by atoms with Crippen molar-refractivity contribution in [3.63, 3.8) is 0 Å². The van der Waals surface area contributed by atoms with Crippen LogP contribution in [0.3, 0.4) is 0 Å². The van der Waals surface area contributed by atoms with Crippen molar-refractivity contribution >= 4 is 0 Å². The van der Waals surface area contributed by atoms with Gasteiger partial charge >= 0.3 is 0 Å². The first-order valence-corrected chi connectivity index (χ1v) is 5.59. The fourth-order valence-electron chi connectivity index (χ4n) is 1.72. The summed E-state index contributed by atoms with van der Waals surface area (Å²) in [5.41, 5.74) is 1.10. The third kappa shape index (κ3) is 3.91. The van der Waals surface area contributed by atoms with Crippen LogP contribution >= 0.6 is 0 Å². The van der Waals surface area contributed by atoms with Crippen molar-refractivity contribution in [2.75, 3.05) is 27.9 Å². The Hall–Kier alpha value is -1.26. The van der Waals surface area contributed by atoms with E-state index < -0.39 is 0 Å². The highest BCUT2D eigenvalue weighted by atomic mass is 16.5. The normalized spacial score (nSPS) is 12.2. The SMILES string of the molecule is COc1ccc(CC(CCO)OC)cc1OC. The van der Waals surface area contributed by atoms with Gasteiger partial charge in [0.05, 0.1) is 20.3 Å². The molecule has 1 aromatic rings. The Morgan fingerprint density at radius 3 is 2.35 bits per heavy atom. The third-order valence-corrected chi connectivity index (χ3v) is 2.70. The number of rotatable bonds is 7. The van der Waals surface area contributed by atoms with E-state index in [2.05, 4.69) is 0 Å². The average Bonchev–Trinajstić information content (AvgIpc) is 2.38. The Morgan fingerprint density at radius 2 is 1.82 bits per heavy atom. The molecule has 1 aromatic carbocycles. The minimum atomic E-state index is 0.0260. The molecule has 0 aliphatic carbocycles. The van der Waals surface area contributed by atoms with Gasteiger partial charge in [0.2, 0.25) is 0 Å². The van der Waals surface area contributed by atoms with Gasteiger partial charge in [-0.05, 0) is 30.5 Å². The summed E-state index contributed by atoms with van der Waals surface area (Å²) in [5.74, 6) is 1.43. The summed E-state index contributed by atoms with van der Waals surface area (Å²) in [4.78, 5) is 0. The van der Waals surface area contributed by atoms with Crippen LogP contribution in [0.15, 0.2) is 18.2 Å². The second-order valence-electron chi connectivity index (χ2n) is 3.76. The maximum atomic E-state index is 8.90. The van der Waals surface area contributed by atoms with Gasteiger partial charge in [-0.2, -0.15) is 0 Å². The number of ether oxygens (including phenoxy) is 3. The van der Waals surface area contributed by atoms with Crippen LogP contribution in [0.2, 0.25) is 0 Å². The third-order valence-electron chi connectivity index (χ3n) is 2.70. The summed E-state index contributed by atoms with van der Waals surface area (Å²) >= 11 is 0. The highest BCUT2D eigenvalue weighted by molar-refractivity contribution is 5.43. The van der Waals surface area contributed by atoms with Crippen LogP contribution in [0, 0.1) is 0 Å². The van der Waals surface area contributed by atoms with E-state index >= 15 is 0 Å². The minimum Gasteiger partial charge on any atom is -0.493 e. The van der Waals surface area contributed by atoms with E-state index in [0.717, 1.165) is 12.0 Å². The molecule has 1 unspecified atom stereocenters. The minimum absolute atomic E-state index is 0.0260. The number of aliphatic hydroxyl groups excluding tert-OH is 1. The lowest BCUT2D eigenvalue weighted by Gasteiger charge is -2.15. The smallest absolute Gasteiger partial charge is 0.160 e. The first kappa shape index (κ1) is 13.8. The van der Waals surface area contributed by atoms with Gasteiger partial charge in [0.1, 0.15) is 0 Å². The number of hydrogen-bond donors (Lipinski definition) is 1. The molecule has 4 nitrogen and oxygen atoms in total. The Bertz CT molecular complexity index is 338. The molecule has 1 N–H and O–H groups in total. The summed E-state index contributed by atoms with van der Waals surface area (Å²) in [6, 6.07) is 5.78. The van der Waals surface area contributed by atoms with Crippen molar-refractivity contribution in [1.29, 1.82) is 0 Å². The quantitative estimate of drug-likeness (QED) is 0.787. The summed E-state index contributed by atoms with van der Waals surface area (Å²) in [6.45, 7) is 0.131. The fourth-order valence-corrected chi connectivity index (χ4v) is 1.72. The van der Waals surface area contributed by atoms with Gasteiger partial charge in [-0.3, -0.25) is 0 Å². The summed E-state index contributed by atoms with van der Waals surface area (Å²) < 4.78 is 15.7. The first-order chi connectivity index (χ1) is 8.24. The van der Waals surface area contributed by atoms with E-state index in [4.69, 9.17) is 19.3 Å². The van der Waals surface area contributed by atoms with Crippen molar-refractivity contribution in [1.82, 2.24) is 0 Å². The largest absolute Gasteiger partial charge is 0.493 e. The van der Waals surface area contributed by atoms with Crippen LogP contribution < -0.4 is 9.47 Å². The molecule has 0 aromatic heterocycles. The molecule has 1 rings (SSSR count). The molecule has 4 heteroatoms. The zero-order valence-corrected chi connectivity index (χ0v) is 10.6. The molecule has 0 bridgehead atoms. The van der Waals surface area contributed by atoms with Crippen LogP contribution in [0.1, 0.15) is 12.0 Å². The lowest BCUT2D eigenvalue weighted by atomic mass is 10.1. The molecule has 1 atom stereocenters. The molecule has 0 radical (unpaired) electrons. The summed E-state index contributed by atoms with van der Waals surface area (Å²) in [6.07, 6.45) is 1.40. The van der Waals surface area contributed by atoms with E-state index in [1.807, 2.05) is 18.2 Å². The maximum Gasteiger partial charge on any atom is 0.160 e. The molecule has 0 spiro atoms. The molecule has 17 heavy (non-hydrogen) atoms. The van der Waals surface area contributed by atoms with Crippen molar-refractivity contribution in [2.24, 2.45) is 0 Å². The van der Waals surface area contributed by atoms with Gasteiger partial charge in [-0.25, -0.2) is 0 Å². The topological polar surface area (TPSA) is 47.9 Å². The molecule has 0 saturated carbocycles. The molecule has 0 heterocycles. The van der Waals surface area contributed by atoms with Crippen LogP contribution in [-0.2, 0) is 11.2 Å². The van der Waals surface area contributed by atoms with Gasteiger partial charge in [0.15, 0.2) is 11.5 Å². The van der Waals surface area contributed by atoms with Crippen LogP contribution in [0.5, 0.6) is 11.5 Å². The highest BCUT2D eigenvalue weighted by Crippen LogP contribution is 2.28. The fraction of sp³-hybridized carbons (Fsp3) is 0.538. The molecular formula is C13H20O4. The Labute approximate surface area is 102 Å². The lowest BCUT2D eigenvalue weighted by Crippen LogP contribution is -2.15. The van der Waals surface area contributed by atoms with Crippen molar-refractivity contribution in [2.45, 2.75) is 18.9 Å². The number of benzene rings is 1. The predicted octanol–water partition coefficient (Wildman–Crippen LogP) is 1.64. The molecule has 0 aliphatic rings. The van der Waals surface area contributed by atoms with Crippen molar-refractivity contribution in [3.05, 3.63) is 23.8 Å². The Morgan fingerprint density at radius 1 is 1.12 bits per heavy atom. The zero-order chi connectivity index (χ0) is 12.7. The van der Waals surface area contributed by atoms with Crippen LogP contribution in [-0.4, -0.2) is 39.1 Å². The summed E-state index contributed by atoms with van der Waals surface area (Å²) in [5, 5.41) is 8.90. The van der Waals surface area contributed by atoms with Crippen molar-refractivity contribution in [3.8, 4) is 11.5 Å². The number of aliphatic hydroxyl groups is 1. The van der Waals surface area contributed by atoms with Gasteiger partial charge < -0.3 is 19.3 Å². The summed E-state index contributed by atoms with van der Waals surface area (Å²) in [7, 11) is 4.88. The molecule has 0 aliphatic heterocycles. The maximum absolute atomic E-state index is 8.90. The predicted molar refractivity (Wildman–Crippen MR) is 65.7 cm³/mol. The molecule has 0 fully saturated rings. The van der Waals surface area contributed by atoms with E-state index in [1.54, 1.807) is 21.3 Å². The van der Waals surface area contributed by atoms with E-state index in [1.165, 1.54) is 0 Å². The van der Waals surface area contributed by atoms with Gasteiger partial charge in [0.25, 0.3) is 0 Å². The van der Waals surface area contributed by atoms with Gasteiger partial charge in [0, 0.05) is 13.7 Å². The highest BCUT2D eigenvalue weighted by Gasteiger charge is 2.10. The second kappa shape index (κ2) is 7.14. The molecule has 96 valence electrons. The number of hydrogen-bond acceptors (Lipinski definition) is 4. The Balaban J connectivity index is 2.77. The Kier molecular flexibility index (Phi) is 5.80. The van der Waals surface area contributed by atoms with Crippen LogP contribution in [0.25, 0.3) is 0 Å². The first-order valence-electron chi connectivity index (χ1n) is 5.59. The zero-order valence-electron chi connectivity index (χ0n) is 10.6. The number of methoxy groups -OCH3 is 3. The standard InChI is InChI=1S/C13H20O4/c1-15-11(6-7-14)8-10-4-5-12(16-2)13(9-10)17-3/h4-5,9,11,14H,6-8H2,1-3H3. The van der Waals surface area contributed by atoms with Gasteiger partial charge in [-0.15, -0.1) is 0 Å². The van der Waals surface area contributed by atoms with E-state index in [9.17, 15) is 0 Å². The van der Waals surface area contributed by atoms with Gasteiger partial charge in [-0.1, -0.05) is 6.07 Å². The van der Waals surface area contributed by atoms with Crippen LogP contribution in [0.4, 0.5) is 0 Å². The van der Waals surface area contributed by atoms with Crippen molar-refractivity contribution < 1.29 is 19.3 Å². The molecular weight excluding hydrogens is 220 g/mol. The van der Waals surface area contributed by atoms with E-state index in [-0.39, 0.29) is 12.7 Å². The van der Waals surface area contributed by atoms with E-state index in [0.29, 0.717) is 17.9 Å². The lowest BCUT2D eigenvalue weighted by molar-refractivity contribution is 0.0779. The average molecular weight is 240 g/mol. The molecule has 0 amide bonds. The monoisotopic (exact) mass is 240 g/mol. The molecule has 0 saturated heterocycles.